The summed E-state index contributed by atoms with van der Waals surface area (Å²) in [6, 6.07) is 10.7. The zero-order valence-electron chi connectivity index (χ0n) is 15.0. The molecular formula is C18H20N6O3. The third kappa shape index (κ3) is 5.00. The first-order chi connectivity index (χ1) is 13.0. The monoisotopic (exact) mass is 368 g/mol. The van der Waals surface area contributed by atoms with Crippen LogP contribution in [0.2, 0.25) is 0 Å². The third-order valence-electron chi connectivity index (χ3n) is 3.83. The number of amides is 3. The Labute approximate surface area is 155 Å². The molecule has 140 valence electrons. The number of aromatic nitrogens is 4. The van der Waals surface area contributed by atoms with Gasteiger partial charge in [-0.3, -0.25) is 10.1 Å². The summed E-state index contributed by atoms with van der Waals surface area (Å²) in [6.07, 6.45) is 1.50. The van der Waals surface area contributed by atoms with E-state index in [1.807, 2.05) is 24.3 Å². The van der Waals surface area contributed by atoms with Crippen molar-refractivity contribution in [3.05, 3.63) is 54.0 Å². The van der Waals surface area contributed by atoms with E-state index in [-0.39, 0.29) is 13.1 Å². The van der Waals surface area contributed by atoms with Crippen LogP contribution in [-0.4, -0.2) is 32.1 Å². The Hall–Kier alpha value is -3.49. The molecule has 0 radical (unpaired) electrons. The van der Waals surface area contributed by atoms with Gasteiger partial charge in [0, 0.05) is 5.56 Å². The van der Waals surface area contributed by atoms with Gasteiger partial charge in [-0.2, -0.15) is 4.80 Å². The number of tetrazole rings is 1. The molecule has 2 aromatic heterocycles. The van der Waals surface area contributed by atoms with Gasteiger partial charge in [-0.05, 0) is 28.8 Å². The average Bonchev–Trinajstić information content (AvgIpc) is 3.32. The molecule has 3 rings (SSSR count). The van der Waals surface area contributed by atoms with Crippen molar-refractivity contribution < 1.29 is 14.0 Å². The number of benzene rings is 1. The summed E-state index contributed by atoms with van der Waals surface area (Å²) < 4.78 is 5.09. The van der Waals surface area contributed by atoms with Crippen LogP contribution in [0.5, 0.6) is 0 Å². The molecule has 2 N–H and O–H groups in total. The van der Waals surface area contributed by atoms with Crippen molar-refractivity contribution in [3.8, 4) is 11.4 Å². The minimum Gasteiger partial charge on any atom is -0.467 e. The maximum atomic E-state index is 11.9. The zero-order valence-corrected chi connectivity index (χ0v) is 15.0. The van der Waals surface area contributed by atoms with Crippen LogP contribution >= 0.6 is 0 Å². The lowest BCUT2D eigenvalue weighted by Gasteiger charge is -2.05. The Balaban J connectivity index is 1.52. The second-order valence-corrected chi connectivity index (χ2v) is 6.23. The highest BCUT2D eigenvalue weighted by molar-refractivity contribution is 5.94. The molecule has 0 fully saturated rings. The standard InChI is InChI=1S/C18H20N6O3/c1-12(2)13-5-7-14(8-6-13)17-21-23-24(22-17)11-16(25)20-18(26)19-10-15-4-3-9-27-15/h3-9,12H,10-11H2,1-2H3,(H2,19,20,25,26). The zero-order chi connectivity index (χ0) is 19.2. The molecule has 0 aliphatic rings. The van der Waals surface area contributed by atoms with Gasteiger partial charge >= 0.3 is 6.03 Å². The second kappa shape index (κ2) is 8.26. The summed E-state index contributed by atoms with van der Waals surface area (Å²) in [5.74, 6) is 0.889. The summed E-state index contributed by atoms with van der Waals surface area (Å²) in [5.41, 5.74) is 2.02. The van der Waals surface area contributed by atoms with Crippen LogP contribution in [0.15, 0.2) is 47.1 Å². The summed E-state index contributed by atoms with van der Waals surface area (Å²) in [7, 11) is 0. The van der Waals surface area contributed by atoms with Crippen molar-refractivity contribution in [1.82, 2.24) is 30.8 Å². The van der Waals surface area contributed by atoms with Gasteiger partial charge in [0.1, 0.15) is 12.3 Å². The number of imide groups is 1. The molecule has 3 amide bonds. The fraction of sp³-hybridized carbons (Fsp3) is 0.278. The Morgan fingerprint density at radius 3 is 2.63 bits per heavy atom. The number of furan rings is 1. The average molecular weight is 368 g/mol. The van der Waals surface area contributed by atoms with E-state index in [1.54, 1.807) is 12.1 Å². The number of hydrogen-bond acceptors (Lipinski definition) is 6. The van der Waals surface area contributed by atoms with E-state index in [4.69, 9.17) is 4.42 Å². The summed E-state index contributed by atoms with van der Waals surface area (Å²) >= 11 is 0. The van der Waals surface area contributed by atoms with Gasteiger partial charge in [0.2, 0.25) is 5.82 Å². The molecule has 3 aromatic rings. The number of nitrogens with zero attached hydrogens (tertiary/aromatic N) is 4. The van der Waals surface area contributed by atoms with Crippen molar-refractivity contribution >= 4 is 11.9 Å². The van der Waals surface area contributed by atoms with Crippen LogP contribution in [-0.2, 0) is 17.9 Å². The van der Waals surface area contributed by atoms with Crippen LogP contribution in [0.4, 0.5) is 4.79 Å². The molecule has 0 unspecified atom stereocenters. The highest BCUT2D eigenvalue weighted by Gasteiger charge is 2.12. The highest BCUT2D eigenvalue weighted by Crippen LogP contribution is 2.19. The van der Waals surface area contributed by atoms with E-state index in [1.165, 1.54) is 11.8 Å². The van der Waals surface area contributed by atoms with Crippen molar-refractivity contribution in [2.75, 3.05) is 0 Å². The normalized spacial score (nSPS) is 10.8. The number of rotatable bonds is 6. The smallest absolute Gasteiger partial charge is 0.321 e. The molecule has 0 bridgehead atoms. The maximum absolute atomic E-state index is 11.9. The van der Waals surface area contributed by atoms with Gasteiger partial charge in [0.15, 0.2) is 0 Å². The minimum atomic E-state index is -0.624. The molecule has 1 aromatic carbocycles. The van der Waals surface area contributed by atoms with Gasteiger partial charge in [-0.25, -0.2) is 4.79 Å². The largest absolute Gasteiger partial charge is 0.467 e. The molecule has 0 aliphatic carbocycles. The molecule has 0 saturated heterocycles. The first-order valence-corrected chi connectivity index (χ1v) is 8.49. The fourth-order valence-corrected chi connectivity index (χ4v) is 2.36. The predicted molar refractivity (Wildman–Crippen MR) is 96.4 cm³/mol. The number of carbonyl (C=O) groups is 2. The summed E-state index contributed by atoms with van der Waals surface area (Å²) in [5, 5.41) is 16.7. The van der Waals surface area contributed by atoms with Crippen LogP contribution in [0.1, 0.15) is 31.1 Å². The number of nitrogens with one attached hydrogen (secondary N) is 2. The van der Waals surface area contributed by atoms with E-state index in [2.05, 4.69) is 39.9 Å². The molecule has 9 nitrogen and oxygen atoms in total. The lowest BCUT2D eigenvalue weighted by Crippen LogP contribution is -2.40. The molecule has 0 spiro atoms. The molecule has 0 atom stereocenters. The molecule has 0 saturated carbocycles. The van der Waals surface area contributed by atoms with Gasteiger partial charge < -0.3 is 9.73 Å². The Morgan fingerprint density at radius 2 is 1.96 bits per heavy atom. The minimum absolute atomic E-state index is 0.185. The van der Waals surface area contributed by atoms with Crippen molar-refractivity contribution in [2.45, 2.75) is 32.9 Å². The Kier molecular flexibility index (Phi) is 5.60. The third-order valence-corrected chi connectivity index (χ3v) is 3.83. The van der Waals surface area contributed by atoms with Crippen molar-refractivity contribution in [3.63, 3.8) is 0 Å². The lowest BCUT2D eigenvalue weighted by atomic mass is 10.0. The van der Waals surface area contributed by atoms with Crippen LogP contribution in [0.3, 0.4) is 0 Å². The van der Waals surface area contributed by atoms with E-state index >= 15 is 0 Å². The quantitative estimate of drug-likeness (QED) is 0.688. The molecule has 2 heterocycles. The molecule has 27 heavy (non-hydrogen) atoms. The van der Waals surface area contributed by atoms with Crippen molar-refractivity contribution in [1.29, 1.82) is 0 Å². The van der Waals surface area contributed by atoms with Crippen molar-refractivity contribution in [2.24, 2.45) is 0 Å². The van der Waals surface area contributed by atoms with Crippen LogP contribution in [0.25, 0.3) is 11.4 Å². The Morgan fingerprint density at radius 1 is 1.19 bits per heavy atom. The van der Waals surface area contributed by atoms with Gasteiger partial charge in [0.05, 0.1) is 12.8 Å². The fourth-order valence-electron chi connectivity index (χ4n) is 2.36. The first-order valence-electron chi connectivity index (χ1n) is 8.49. The van der Waals surface area contributed by atoms with E-state index in [0.29, 0.717) is 17.5 Å². The maximum Gasteiger partial charge on any atom is 0.321 e. The van der Waals surface area contributed by atoms with E-state index < -0.39 is 11.9 Å². The molecule has 9 heteroatoms. The van der Waals surface area contributed by atoms with E-state index in [0.717, 1.165) is 10.4 Å². The number of carbonyl (C=O) groups excluding carboxylic acids is 2. The van der Waals surface area contributed by atoms with Crippen LogP contribution < -0.4 is 10.6 Å². The SMILES string of the molecule is CC(C)c1ccc(-c2nnn(CC(=O)NC(=O)NCc3ccco3)n2)cc1. The summed E-state index contributed by atoms with van der Waals surface area (Å²) in [6.45, 7) is 4.20. The topological polar surface area (TPSA) is 115 Å². The van der Waals surface area contributed by atoms with Gasteiger partial charge in [-0.1, -0.05) is 38.1 Å². The van der Waals surface area contributed by atoms with E-state index in [9.17, 15) is 9.59 Å². The van der Waals surface area contributed by atoms with Gasteiger partial charge in [-0.15, -0.1) is 10.2 Å². The Bertz CT molecular complexity index is 900. The highest BCUT2D eigenvalue weighted by atomic mass is 16.3. The predicted octanol–water partition coefficient (Wildman–Crippen LogP) is 2.08. The molecule has 0 aliphatic heterocycles. The second-order valence-electron chi connectivity index (χ2n) is 6.23. The number of hydrogen-bond donors (Lipinski definition) is 2. The van der Waals surface area contributed by atoms with Gasteiger partial charge in [0.25, 0.3) is 5.91 Å². The first kappa shape index (κ1) is 18.3. The van der Waals surface area contributed by atoms with Crippen LogP contribution in [0, 0.1) is 0 Å². The molecular weight excluding hydrogens is 348 g/mol. The lowest BCUT2D eigenvalue weighted by molar-refractivity contribution is -0.121. The number of urea groups is 1. The summed E-state index contributed by atoms with van der Waals surface area (Å²) in [4.78, 5) is 24.8.